The number of carbonyl (C=O) groups is 1. The predicted molar refractivity (Wildman–Crippen MR) is 75.7 cm³/mol. The molecule has 0 bridgehead atoms. The van der Waals surface area contributed by atoms with Gasteiger partial charge in [-0.25, -0.2) is 9.97 Å². The molecule has 0 radical (unpaired) electrons. The molecule has 1 amide bonds. The van der Waals surface area contributed by atoms with Crippen LogP contribution in [0, 0.1) is 13.8 Å². The van der Waals surface area contributed by atoms with Crippen molar-refractivity contribution < 1.29 is 4.79 Å². The molecule has 106 valence electrons. The average Bonchev–Trinajstić information content (AvgIpc) is 2.74. The fraction of sp³-hybridized carbons (Fsp3) is 0.385. The van der Waals surface area contributed by atoms with Crippen LogP contribution >= 0.6 is 0 Å². The van der Waals surface area contributed by atoms with Gasteiger partial charge in [-0.05, 0) is 13.8 Å². The number of hydrogen-bond donors (Lipinski definition) is 1. The van der Waals surface area contributed by atoms with Crippen LogP contribution in [0.5, 0.6) is 0 Å². The molecule has 2 rings (SSSR count). The lowest BCUT2D eigenvalue weighted by Gasteiger charge is -2.09. The van der Waals surface area contributed by atoms with Gasteiger partial charge in [0.2, 0.25) is 5.91 Å². The Morgan fingerprint density at radius 3 is 2.70 bits per heavy atom. The van der Waals surface area contributed by atoms with Crippen LogP contribution in [0.25, 0.3) is 0 Å². The molecular formula is C13H18N6O. The first-order chi connectivity index (χ1) is 9.44. The van der Waals surface area contributed by atoms with Gasteiger partial charge in [0.05, 0.1) is 0 Å². The third-order valence-electron chi connectivity index (χ3n) is 2.66. The molecule has 7 heteroatoms. The first-order valence-corrected chi connectivity index (χ1v) is 6.27. The lowest BCUT2D eigenvalue weighted by atomic mass is 10.4. The first-order valence-electron chi connectivity index (χ1n) is 6.27. The second-order valence-corrected chi connectivity index (χ2v) is 4.75. The van der Waals surface area contributed by atoms with Crippen molar-refractivity contribution in [1.29, 1.82) is 0 Å². The van der Waals surface area contributed by atoms with Gasteiger partial charge in [-0.2, -0.15) is 5.10 Å². The van der Waals surface area contributed by atoms with Gasteiger partial charge in [0.25, 0.3) is 0 Å². The van der Waals surface area contributed by atoms with Crippen molar-refractivity contribution in [3.05, 3.63) is 29.8 Å². The highest BCUT2D eigenvalue weighted by Gasteiger charge is 2.07. The normalized spacial score (nSPS) is 10.4. The third kappa shape index (κ3) is 3.53. The monoisotopic (exact) mass is 274 g/mol. The number of hydrogen-bond acceptors (Lipinski definition) is 5. The summed E-state index contributed by atoms with van der Waals surface area (Å²) in [7, 11) is 3.44. The standard InChI is InChI=1S/C13H18N6O/c1-9-7-12(15-10(2)14-9)16-11-5-6-19(17-11)8-13(20)18(3)4/h5-7H,8H2,1-4H3,(H,14,15,16,17). The van der Waals surface area contributed by atoms with E-state index in [1.807, 2.05) is 19.9 Å². The predicted octanol–water partition coefficient (Wildman–Crippen LogP) is 1.12. The van der Waals surface area contributed by atoms with E-state index in [1.54, 1.807) is 31.0 Å². The van der Waals surface area contributed by atoms with Crippen LogP contribution in [-0.2, 0) is 11.3 Å². The van der Waals surface area contributed by atoms with Crippen LogP contribution in [0.1, 0.15) is 11.5 Å². The van der Waals surface area contributed by atoms with Gasteiger partial charge in [0, 0.05) is 38.1 Å². The Labute approximate surface area is 117 Å². The minimum Gasteiger partial charge on any atom is -0.347 e. The molecule has 0 atom stereocenters. The van der Waals surface area contributed by atoms with Crippen molar-refractivity contribution in [2.75, 3.05) is 19.4 Å². The molecule has 0 aliphatic rings. The zero-order chi connectivity index (χ0) is 14.7. The minimum atomic E-state index is -0.00613. The largest absolute Gasteiger partial charge is 0.347 e. The number of rotatable bonds is 4. The van der Waals surface area contributed by atoms with Crippen LogP contribution in [0.2, 0.25) is 0 Å². The zero-order valence-corrected chi connectivity index (χ0v) is 12.1. The summed E-state index contributed by atoms with van der Waals surface area (Å²) in [5, 5.41) is 7.39. The maximum absolute atomic E-state index is 11.6. The van der Waals surface area contributed by atoms with Crippen molar-refractivity contribution in [1.82, 2.24) is 24.6 Å². The smallest absolute Gasteiger partial charge is 0.243 e. The molecule has 0 saturated heterocycles. The lowest BCUT2D eigenvalue weighted by Crippen LogP contribution is -2.26. The maximum atomic E-state index is 11.6. The van der Waals surface area contributed by atoms with Gasteiger partial charge in [-0.3, -0.25) is 9.48 Å². The topological polar surface area (TPSA) is 75.9 Å². The van der Waals surface area contributed by atoms with E-state index in [0.717, 1.165) is 5.69 Å². The molecule has 0 saturated carbocycles. The highest BCUT2D eigenvalue weighted by Crippen LogP contribution is 2.13. The van der Waals surface area contributed by atoms with E-state index in [4.69, 9.17) is 0 Å². The van der Waals surface area contributed by atoms with Crippen LogP contribution in [0.3, 0.4) is 0 Å². The highest BCUT2D eigenvalue weighted by atomic mass is 16.2. The second-order valence-electron chi connectivity index (χ2n) is 4.75. The molecule has 1 N–H and O–H groups in total. The second kappa shape index (κ2) is 5.68. The van der Waals surface area contributed by atoms with Crippen LogP contribution in [-0.4, -0.2) is 44.7 Å². The van der Waals surface area contributed by atoms with E-state index in [0.29, 0.717) is 17.5 Å². The molecule has 2 aromatic rings. The van der Waals surface area contributed by atoms with Gasteiger partial charge in [-0.1, -0.05) is 0 Å². The van der Waals surface area contributed by atoms with Gasteiger partial charge < -0.3 is 10.2 Å². The molecule has 0 fully saturated rings. The first kappa shape index (κ1) is 14.0. The summed E-state index contributed by atoms with van der Waals surface area (Å²) in [5.74, 6) is 2.04. The van der Waals surface area contributed by atoms with Gasteiger partial charge in [0.15, 0.2) is 5.82 Å². The highest BCUT2D eigenvalue weighted by molar-refractivity contribution is 5.75. The number of aryl methyl sites for hydroxylation is 2. The minimum absolute atomic E-state index is 0.00613. The number of anilines is 2. The Morgan fingerprint density at radius 1 is 1.30 bits per heavy atom. The van der Waals surface area contributed by atoms with Gasteiger partial charge in [-0.15, -0.1) is 0 Å². The van der Waals surface area contributed by atoms with Crippen molar-refractivity contribution in [2.45, 2.75) is 20.4 Å². The van der Waals surface area contributed by atoms with Crippen molar-refractivity contribution in [3.8, 4) is 0 Å². The van der Waals surface area contributed by atoms with Crippen LogP contribution < -0.4 is 5.32 Å². The number of likely N-dealkylation sites (N-methyl/N-ethyl adjacent to an activating group) is 1. The summed E-state index contributed by atoms with van der Waals surface area (Å²) in [6.07, 6.45) is 1.75. The van der Waals surface area contributed by atoms with E-state index in [1.165, 1.54) is 4.90 Å². The van der Waals surface area contributed by atoms with E-state index in [9.17, 15) is 4.79 Å². The Kier molecular flexibility index (Phi) is 3.97. The molecule has 0 aliphatic heterocycles. The fourth-order valence-corrected chi connectivity index (χ4v) is 1.71. The van der Waals surface area contributed by atoms with Gasteiger partial charge in [0.1, 0.15) is 18.2 Å². The number of nitrogens with one attached hydrogen (secondary N) is 1. The van der Waals surface area contributed by atoms with Crippen molar-refractivity contribution >= 4 is 17.5 Å². The van der Waals surface area contributed by atoms with Crippen LogP contribution in [0.15, 0.2) is 18.3 Å². The van der Waals surface area contributed by atoms with Gasteiger partial charge >= 0.3 is 0 Å². The third-order valence-corrected chi connectivity index (χ3v) is 2.66. The van der Waals surface area contributed by atoms with E-state index >= 15 is 0 Å². The molecule has 2 heterocycles. The zero-order valence-electron chi connectivity index (χ0n) is 12.1. The van der Waals surface area contributed by atoms with Crippen LogP contribution in [0.4, 0.5) is 11.6 Å². The SMILES string of the molecule is Cc1cc(Nc2ccn(CC(=O)N(C)C)n2)nc(C)n1. The average molecular weight is 274 g/mol. The Bertz CT molecular complexity index is 599. The number of aromatic nitrogens is 4. The molecule has 0 aromatic carbocycles. The molecule has 0 aliphatic carbocycles. The molecular weight excluding hydrogens is 256 g/mol. The van der Waals surface area contributed by atoms with E-state index < -0.39 is 0 Å². The Balaban J connectivity index is 2.07. The number of carbonyl (C=O) groups excluding carboxylic acids is 1. The van der Waals surface area contributed by atoms with Crippen molar-refractivity contribution in [2.24, 2.45) is 0 Å². The molecule has 7 nitrogen and oxygen atoms in total. The summed E-state index contributed by atoms with van der Waals surface area (Å²) in [6, 6.07) is 3.65. The fourth-order valence-electron chi connectivity index (χ4n) is 1.71. The van der Waals surface area contributed by atoms with E-state index in [2.05, 4.69) is 20.4 Å². The summed E-state index contributed by atoms with van der Waals surface area (Å²) in [4.78, 5) is 21.6. The Hall–Kier alpha value is -2.44. The van der Waals surface area contributed by atoms with E-state index in [-0.39, 0.29) is 12.5 Å². The lowest BCUT2D eigenvalue weighted by molar-refractivity contribution is -0.129. The molecule has 0 unspecified atom stereocenters. The quantitative estimate of drug-likeness (QED) is 0.904. The number of amides is 1. The molecule has 2 aromatic heterocycles. The summed E-state index contributed by atoms with van der Waals surface area (Å²) >= 11 is 0. The van der Waals surface area contributed by atoms with Crippen molar-refractivity contribution in [3.63, 3.8) is 0 Å². The summed E-state index contributed by atoms with van der Waals surface area (Å²) in [5.41, 5.74) is 0.891. The summed E-state index contributed by atoms with van der Waals surface area (Å²) in [6.45, 7) is 3.97. The number of nitrogens with zero attached hydrogens (tertiary/aromatic N) is 5. The maximum Gasteiger partial charge on any atom is 0.243 e. The molecule has 0 spiro atoms. The molecule has 20 heavy (non-hydrogen) atoms. The Morgan fingerprint density at radius 2 is 2.05 bits per heavy atom. The summed E-state index contributed by atoms with van der Waals surface area (Å²) < 4.78 is 1.59.